The second kappa shape index (κ2) is 7.75. The number of rotatable bonds is 4. The van der Waals surface area contributed by atoms with Crippen molar-refractivity contribution in [1.29, 1.82) is 0 Å². The zero-order valence-electron chi connectivity index (χ0n) is 17.6. The summed E-state index contributed by atoms with van der Waals surface area (Å²) in [6.45, 7) is 0.337. The van der Waals surface area contributed by atoms with Gasteiger partial charge >= 0.3 is 0 Å². The van der Waals surface area contributed by atoms with Crippen molar-refractivity contribution >= 4 is 34.7 Å². The third kappa shape index (κ3) is 3.13. The molecule has 0 aliphatic carbocycles. The molecule has 0 saturated carbocycles. The highest BCUT2D eigenvalue weighted by molar-refractivity contribution is 6.31. The second-order valence-electron chi connectivity index (χ2n) is 8.31. The molecule has 2 aliphatic rings. The van der Waals surface area contributed by atoms with E-state index in [2.05, 4.69) is 10.3 Å². The number of pyridine rings is 1. The Balaban J connectivity index is 1.74. The number of nitrogens with zero attached hydrogens (tertiary/aromatic N) is 3. The monoisotopic (exact) mass is 462 g/mol. The quantitative estimate of drug-likeness (QED) is 0.356. The second-order valence-corrected chi connectivity index (χ2v) is 8.74. The van der Waals surface area contributed by atoms with Gasteiger partial charge in [-0.05, 0) is 42.9 Å². The summed E-state index contributed by atoms with van der Waals surface area (Å²) in [5, 5.41) is 14.8. The van der Waals surface area contributed by atoms with Gasteiger partial charge in [0.25, 0.3) is 5.69 Å². The Morgan fingerprint density at radius 1 is 1.21 bits per heavy atom. The lowest BCUT2D eigenvalue weighted by atomic mass is 9.71. The number of hydrogen-bond donors (Lipinski definition) is 1. The van der Waals surface area contributed by atoms with E-state index < -0.39 is 22.3 Å². The van der Waals surface area contributed by atoms with Crippen LogP contribution in [-0.2, 0) is 10.3 Å². The molecule has 3 aromatic rings. The number of halogens is 1. The molecule has 1 aromatic heterocycles. The van der Waals surface area contributed by atoms with Crippen LogP contribution in [0.25, 0.3) is 0 Å². The number of anilines is 1. The molecule has 9 heteroatoms. The van der Waals surface area contributed by atoms with Gasteiger partial charge < -0.3 is 5.32 Å². The summed E-state index contributed by atoms with van der Waals surface area (Å²) >= 11 is 6.30. The predicted octanol–water partition coefficient (Wildman–Crippen LogP) is 4.02. The van der Waals surface area contributed by atoms with E-state index in [0.717, 1.165) is 0 Å². The number of ketones is 1. The Kier molecular flexibility index (Phi) is 4.99. The normalized spacial score (nSPS) is 24.0. The summed E-state index contributed by atoms with van der Waals surface area (Å²) in [6.07, 6.45) is 1.53. The van der Waals surface area contributed by atoms with Crippen LogP contribution in [0.5, 0.6) is 0 Å². The van der Waals surface area contributed by atoms with E-state index in [-0.39, 0.29) is 23.1 Å². The average molecular weight is 463 g/mol. The van der Waals surface area contributed by atoms with Gasteiger partial charge in [0.05, 0.1) is 10.8 Å². The summed E-state index contributed by atoms with van der Waals surface area (Å²) in [6, 6.07) is 16.4. The summed E-state index contributed by atoms with van der Waals surface area (Å²) in [4.78, 5) is 44.6. The van der Waals surface area contributed by atoms with E-state index in [1.165, 1.54) is 18.3 Å². The Morgan fingerprint density at radius 3 is 2.76 bits per heavy atom. The molecule has 2 aliphatic heterocycles. The van der Waals surface area contributed by atoms with Gasteiger partial charge in [-0.1, -0.05) is 29.8 Å². The van der Waals surface area contributed by atoms with Gasteiger partial charge in [0, 0.05) is 47.1 Å². The minimum atomic E-state index is -1.33. The third-order valence-corrected chi connectivity index (χ3v) is 6.86. The molecule has 1 fully saturated rings. The molecule has 8 nitrogen and oxygen atoms in total. The van der Waals surface area contributed by atoms with Crippen LogP contribution < -0.4 is 5.32 Å². The van der Waals surface area contributed by atoms with Crippen molar-refractivity contribution in [2.45, 2.75) is 11.5 Å². The molecule has 0 bridgehead atoms. The predicted molar refractivity (Wildman–Crippen MR) is 122 cm³/mol. The molecule has 1 amide bonds. The van der Waals surface area contributed by atoms with Crippen LogP contribution in [-0.4, -0.2) is 40.1 Å². The molecule has 1 spiro atoms. The fourth-order valence-corrected chi connectivity index (χ4v) is 5.42. The molecule has 1 N–H and O–H groups in total. The van der Waals surface area contributed by atoms with E-state index in [1.807, 2.05) is 4.90 Å². The zero-order chi connectivity index (χ0) is 23.3. The van der Waals surface area contributed by atoms with Crippen LogP contribution in [0.4, 0.5) is 11.4 Å². The highest BCUT2D eigenvalue weighted by atomic mass is 35.5. The van der Waals surface area contributed by atoms with Gasteiger partial charge in [-0.2, -0.15) is 0 Å². The van der Waals surface area contributed by atoms with Crippen molar-refractivity contribution in [3.05, 3.63) is 98.8 Å². The highest BCUT2D eigenvalue weighted by Gasteiger charge is 2.64. The van der Waals surface area contributed by atoms with Gasteiger partial charge in [-0.3, -0.25) is 29.6 Å². The number of nitrogens with one attached hydrogen (secondary N) is 1. The van der Waals surface area contributed by atoms with Crippen molar-refractivity contribution in [2.24, 2.45) is 5.92 Å². The van der Waals surface area contributed by atoms with Crippen molar-refractivity contribution in [3.8, 4) is 0 Å². The van der Waals surface area contributed by atoms with E-state index in [4.69, 9.17) is 11.6 Å². The maximum absolute atomic E-state index is 14.0. The van der Waals surface area contributed by atoms with Crippen LogP contribution in [0.2, 0.25) is 5.02 Å². The number of likely N-dealkylation sites (N-methyl/N-ethyl adjacent to an activating group) is 1. The van der Waals surface area contributed by atoms with E-state index in [0.29, 0.717) is 28.4 Å². The number of hydrogen-bond acceptors (Lipinski definition) is 6. The number of nitro benzene ring substituents is 1. The van der Waals surface area contributed by atoms with Crippen LogP contribution in [0, 0.1) is 16.0 Å². The molecule has 5 rings (SSSR count). The van der Waals surface area contributed by atoms with Crippen LogP contribution in [0.3, 0.4) is 0 Å². The molecule has 0 unspecified atom stereocenters. The SMILES string of the molecule is CN1C[C@H](c2cccc([N+](=O)[O-])c2)[C@H](C(=O)c2ccccn2)[C@]12C(=O)Nc1ccc(Cl)cc12. The van der Waals surface area contributed by atoms with Crippen molar-refractivity contribution in [1.82, 2.24) is 9.88 Å². The molecule has 2 aromatic carbocycles. The number of aromatic nitrogens is 1. The van der Waals surface area contributed by atoms with Gasteiger partial charge in [0.2, 0.25) is 5.91 Å². The number of likely N-dealkylation sites (tertiary alicyclic amines) is 1. The van der Waals surface area contributed by atoms with Gasteiger partial charge in [0.15, 0.2) is 5.78 Å². The Bertz CT molecular complexity index is 1300. The van der Waals surface area contributed by atoms with Crippen molar-refractivity contribution < 1.29 is 14.5 Å². The maximum Gasteiger partial charge on any atom is 0.269 e. The first-order valence-corrected chi connectivity index (χ1v) is 10.7. The van der Waals surface area contributed by atoms with E-state index in [1.54, 1.807) is 55.6 Å². The van der Waals surface area contributed by atoms with Crippen molar-refractivity contribution in [3.63, 3.8) is 0 Å². The minimum Gasteiger partial charge on any atom is -0.324 e. The number of carbonyl (C=O) groups is 2. The summed E-state index contributed by atoms with van der Waals surface area (Å²) in [7, 11) is 1.78. The molecular formula is C24H19ClN4O4. The largest absolute Gasteiger partial charge is 0.324 e. The van der Waals surface area contributed by atoms with Crippen LogP contribution in [0.1, 0.15) is 27.5 Å². The Labute approximate surface area is 194 Å². The number of fused-ring (bicyclic) bond motifs is 2. The van der Waals surface area contributed by atoms with Gasteiger partial charge in [0.1, 0.15) is 11.2 Å². The fraction of sp³-hybridized carbons (Fsp3) is 0.208. The fourth-order valence-electron chi connectivity index (χ4n) is 5.25. The van der Waals surface area contributed by atoms with E-state index >= 15 is 0 Å². The smallest absolute Gasteiger partial charge is 0.269 e. The average Bonchev–Trinajstić information content (AvgIpc) is 3.29. The summed E-state index contributed by atoms with van der Waals surface area (Å²) in [5.41, 5.74) is 0.657. The lowest BCUT2D eigenvalue weighted by Crippen LogP contribution is -2.51. The number of carbonyl (C=O) groups excluding carboxylic acids is 2. The minimum absolute atomic E-state index is 0.0699. The number of nitro groups is 1. The first kappa shape index (κ1) is 21.2. The molecule has 3 atom stereocenters. The number of Topliss-reactive ketones (excluding diaryl/α,β-unsaturated/α-hetero) is 1. The molecule has 33 heavy (non-hydrogen) atoms. The molecule has 3 heterocycles. The highest BCUT2D eigenvalue weighted by Crippen LogP contribution is 2.56. The van der Waals surface area contributed by atoms with Crippen molar-refractivity contribution in [2.75, 3.05) is 18.9 Å². The number of benzene rings is 2. The first-order valence-electron chi connectivity index (χ1n) is 10.4. The topological polar surface area (TPSA) is 105 Å². The standard InChI is InChI=1S/C24H19ClN4O4/c1-28-13-17(14-5-4-6-16(11-14)29(32)33)21(22(30)20-7-2-3-10-26-20)24(28)18-12-15(25)8-9-19(18)27-23(24)31/h2-12,17,21H,13H2,1H3,(H,27,31)/t17-,21-,24-/m1/s1. The molecule has 1 saturated heterocycles. The van der Waals surface area contributed by atoms with Crippen LogP contribution >= 0.6 is 11.6 Å². The molecule has 0 radical (unpaired) electrons. The van der Waals surface area contributed by atoms with Crippen LogP contribution in [0.15, 0.2) is 66.9 Å². The lowest BCUT2D eigenvalue weighted by molar-refractivity contribution is -0.384. The lowest BCUT2D eigenvalue weighted by Gasteiger charge is -2.35. The summed E-state index contributed by atoms with van der Waals surface area (Å²) < 4.78 is 0. The first-order chi connectivity index (χ1) is 15.8. The summed E-state index contributed by atoms with van der Waals surface area (Å²) in [5.74, 6) is -2.00. The zero-order valence-corrected chi connectivity index (χ0v) is 18.3. The number of amides is 1. The Hall–Kier alpha value is -3.62. The Morgan fingerprint density at radius 2 is 2.03 bits per heavy atom. The van der Waals surface area contributed by atoms with Gasteiger partial charge in [-0.25, -0.2) is 0 Å². The van der Waals surface area contributed by atoms with Gasteiger partial charge in [-0.15, -0.1) is 0 Å². The van der Waals surface area contributed by atoms with E-state index in [9.17, 15) is 19.7 Å². The maximum atomic E-state index is 14.0. The molecule has 166 valence electrons. The third-order valence-electron chi connectivity index (χ3n) is 6.62. The number of non-ortho nitro benzene ring substituents is 1. The molecular weight excluding hydrogens is 444 g/mol.